The predicted octanol–water partition coefficient (Wildman–Crippen LogP) is 6.50. The van der Waals surface area contributed by atoms with E-state index in [1.54, 1.807) is 0 Å². The van der Waals surface area contributed by atoms with Gasteiger partial charge in [-0.05, 0) is 51.0 Å². The normalized spacial score (nSPS) is 12.2. The lowest BCUT2D eigenvalue weighted by Gasteiger charge is -2.10. The van der Waals surface area contributed by atoms with Gasteiger partial charge in [-0.25, -0.2) is 4.99 Å². The van der Waals surface area contributed by atoms with Gasteiger partial charge in [0.05, 0.1) is 11.4 Å². The van der Waals surface area contributed by atoms with E-state index < -0.39 is 0 Å². The number of hydrogen-bond donors (Lipinski definition) is 0. The fraction of sp³-hybridized carbons (Fsp3) is 0.0417. The van der Waals surface area contributed by atoms with Crippen LogP contribution < -0.4 is 9.47 Å². The maximum atomic E-state index is 5.53. The third-order valence-corrected chi connectivity index (χ3v) is 5.36. The van der Waals surface area contributed by atoms with Crippen LogP contribution in [0.25, 0.3) is 10.8 Å². The smallest absolute Gasteiger partial charge is 0.231 e. The highest BCUT2D eigenvalue weighted by molar-refractivity contribution is 9.10. The Hall–Kier alpha value is -3.11. The molecule has 0 unspecified atom stereocenters. The molecule has 1 aliphatic rings. The number of fused-ring (bicyclic) bond motifs is 2. The average Bonchev–Trinajstić information content (AvgIpc) is 3.19. The molecule has 0 amide bonds. The van der Waals surface area contributed by atoms with E-state index in [1.807, 2.05) is 48.5 Å². The molecule has 0 aromatic heterocycles. The minimum Gasteiger partial charge on any atom is -0.454 e. The lowest BCUT2D eigenvalue weighted by molar-refractivity contribution is 0.174. The summed E-state index contributed by atoms with van der Waals surface area (Å²) in [5.74, 6) is 1.56. The summed E-state index contributed by atoms with van der Waals surface area (Å²) in [5.41, 5.74) is 3.95. The van der Waals surface area contributed by atoms with Crippen LogP contribution in [-0.2, 0) is 0 Å². The number of ether oxygens (including phenoxy) is 2. The monoisotopic (exact) mass is 429 g/mol. The summed E-state index contributed by atoms with van der Waals surface area (Å²) < 4.78 is 12.0. The number of hydrogen-bond acceptors (Lipinski definition) is 3. The Bertz CT molecular complexity index is 1150. The molecule has 136 valence electrons. The average molecular weight is 430 g/mol. The van der Waals surface area contributed by atoms with Crippen LogP contribution in [0.2, 0.25) is 0 Å². The van der Waals surface area contributed by atoms with E-state index in [4.69, 9.17) is 14.5 Å². The van der Waals surface area contributed by atoms with Gasteiger partial charge in [0.1, 0.15) is 0 Å². The Labute approximate surface area is 171 Å². The third kappa shape index (κ3) is 3.16. The van der Waals surface area contributed by atoms with Crippen LogP contribution in [0.1, 0.15) is 11.1 Å². The van der Waals surface area contributed by atoms with Gasteiger partial charge in [-0.2, -0.15) is 0 Å². The molecular formula is C24H16BrNO2. The van der Waals surface area contributed by atoms with Crippen LogP contribution in [0, 0.1) is 0 Å². The fourth-order valence-electron chi connectivity index (χ4n) is 3.34. The maximum Gasteiger partial charge on any atom is 0.231 e. The highest BCUT2D eigenvalue weighted by Crippen LogP contribution is 2.39. The molecule has 0 radical (unpaired) electrons. The predicted molar refractivity (Wildman–Crippen MR) is 116 cm³/mol. The molecule has 0 saturated heterocycles. The highest BCUT2D eigenvalue weighted by Gasteiger charge is 2.15. The summed E-state index contributed by atoms with van der Waals surface area (Å²) in [6.07, 6.45) is 0. The van der Waals surface area contributed by atoms with Gasteiger partial charge in [0, 0.05) is 15.6 Å². The molecule has 28 heavy (non-hydrogen) atoms. The zero-order chi connectivity index (χ0) is 18.9. The molecule has 4 aromatic carbocycles. The Balaban J connectivity index is 1.69. The van der Waals surface area contributed by atoms with Gasteiger partial charge in [-0.1, -0.05) is 60.7 Å². The molecular weight excluding hydrogens is 414 g/mol. The number of benzene rings is 4. The standard InChI is InChI=1S/C24H16BrNO2/c25-20-11-18-13-22-23(28-15-27-22)14-19(18)12-21(20)26-24(16-7-3-1-4-8-16)17-9-5-2-6-10-17/h1-14H,15H2. The summed E-state index contributed by atoms with van der Waals surface area (Å²) in [4.78, 5) is 5.04. The van der Waals surface area contributed by atoms with Gasteiger partial charge in [0.2, 0.25) is 6.79 Å². The lowest BCUT2D eigenvalue weighted by atomic mass is 10.0. The highest BCUT2D eigenvalue weighted by atomic mass is 79.9. The first-order chi connectivity index (χ1) is 13.8. The van der Waals surface area contributed by atoms with Crippen molar-refractivity contribution in [2.75, 3.05) is 6.79 Å². The van der Waals surface area contributed by atoms with Crippen molar-refractivity contribution in [2.24, 2.45) is 4.99 Å². The second-order valence-corrected chi connectivity index (χ2v) is 7.40. The van der Waals surface area contributed by atoms with Gasteiger partial charge in [-0.3, -0.25) is 0 Å². The van der Waals surface area contributed by atoms with Crippen LogP contribution >= 0.6 is 15.9 Å². The largest absolute Gasteiger partial charge is 0.454 e. The molecule has 3 nitrogen and oxygen atoms in total. The first kappa shape index (κ1) is 17.0. The SMILES string of the molecule is Brc1cc2cc3c(cc2cc1N=C(c1ccccc1)c1ccccc1)OCO3. The molecule has 0 N–H and O–H groups in total. The van der Waals surface area contributed by atoms with E-state index in [-0.39, 0.29) is 6.79 Å². The zero-order valence-corrected chi connectivity index (χ0v) is 16.5. The van der Waals surface area contributed by atoms with Gasteiger partial charge in [0.25, 0.3) is 0 Å². The molecule has 0 bridgehead atoms. The van der Waals surface area contributed by atoms with Crippen molar-refractivity contribution in [3.05, 3.63) is 101 Å². The molecule has 1 aliphatic heterocycles. The van der Waals surface area contributed by atoms with Gasteiger partial charge in [0.15, 0.2) is 11.5 Å². The number of aliphatic imine (C=N–C) groups is 1. The summed E-state index contributed by atoms with van der Waals surface area (Å²) in [6.45, 7) is 0.268. The van der Waals surface area contributed by atoms with Crippen LogP contribution in [0.3, 0.4) is 0 Å². The second kappa shape index (κ2) is 7.13. The first-order valence-electron chi connectivity index (χ1n) is 9.00. The topological polar surface area (TPSA) is 30.8 Å². The van der Waals surface area contributed by atoms with Crippen molar-refractivity contribution in [2.45, 2.75) is 0 Å². The Morgan fingerprint density at radius 1 is 0.714 bits per heavy atom. The van der Waals surface area contributed by atoms with Crippen LogP contribution in [0.5, 0.6) is 11.5 Å². The molecule has 4 aromatic rings. The van der Waals surface area contributed by atoms with E-state index >= 15 is 0 Å². The van der Waals surface area contributed by atoms with Crippen LogP contribution in [-0.4, -0.2) is 12.5 Å². The molecule has 0 spiro atoms. The van der Waals surface area contributed by atoms with Gasteiger partial charge < -0.3 is 9.47 Å². The molecule has 0 aliphatic carbocycles. The zero-order valence-electron chi connectivity index (χ0n) is 14.9. The summed E-state index contributed by atoms with van der Waals surface area (Å²) in [7, 11) is 0. The molecule has 1 heterocycles. The van der Waals surface area contributed by atoms with E-state index in [0.29, 0.717) is 0 Å². The van der Waals surface area contributed by atoms with Crippen molar-refractivity contribution in [3.63, 3.8) is 0 Å². The molecule has 0 saturated carbocycles. The first-order valence-corrected chi connectivity index (χ1v) is 9.80. The molecule has 5 rings (SSSR count). The minimum atomic E-state index is 0.268. The third-order valence-electron chi connectivity index (χ3n) is 4.72. The van der Waals surface area contributed by atoms with Crippen molar-refractivity contribution < 1.29 is 9.47 Å². The van der Waals surface area contributed by atoms with Crippen molar-refractivity contribution in [1.29, 1.82) is 0 Å². The molecule has 0 atom stereocenters. The van der Waals surface area contributed by atoms with E-state index in [9.17, 15) is 0 Å². The van der Waals surface area contributed by atoms with E-state index in [2.05, 4.69) is 52.3 Å². The fourth-order valence-corrected chi connectivity index (χ4v) is 3.79. The molecule has 0 fully saturated rings. The Morgan fingerprint density at radius 3 is 1.82 bits per heavy atom. The molecule has 4 heteroatoms. The Morgan fingerprint density at radius 2 is 1.25 bits per heavy atom. The van der Waals surface area contributed by atoms with Crippen LogP contribution in [0.15, 0.2) is 94.4 Å². The lowest BCUT2D eigenvalue weighted by Crippen LogP contribution is -2.02. The van der Waals surface area contributed by atoms with Crippen molar-refractivity contribution in [3.8, 4) is 11.5 Å². The van der Waals surface area contributed by atoms with Crippen molar-refractivity contribution in [1.82, 2.24) is 0 Å². The van der Waals surface area contributed by atoms with Crippen molar-refractivity contribution >= 4 is 38.1 Å². The minimum absolute atomic E-state index is 0.268. The summed E-state index contributed by atoms with van der Waals surface area (Å²) >= 11 is 3.69. The Kier molecular flexibility index (Phi) is 4.34. The van der Waals surface area contributed by atoms with E-state index in [1.165, 1.54) is 0 Å². The number of halogens is 1. The number of nitrogens with zero attached hydrogens (tertiary/aromatic N) is 1. The van der Waals surface area contributed by atoms with Crippen LogP contribution in [0.4, 0.5) is 5.69 Å². The van der Waals surface area contributed by atoms with E-state index in [0.717, 1.165) is 49.3 Å². The van der Waals surface area contributed by atoms with Gasteiger partial charge in [-0.15, -0.1) is 0 Å². The quantitative estimate of drug-likeness (QED) is 0.348. The maximum absolute atomic E-state index is 5.53. The van der Waals surface area contributed by atoms with Gasteiger partial charge >= 0.3 is 0 Å². The number of rotatable bonds is 3. The summed E-state index contributed by atoms with van der Waals surface area (Å²) in [5, 5.41) is 2.14. The summed E-state index contributed by atoms with van der Waals surface area (Å²) in [6, 6.07) is 28.6. The second-order valence-electron chi connectivity index (χ2n) is 6.55.